The zero-order chi connectivity index (χ0) is 21.0. The molecular weight excluding hydrogens is 395 g/mol. The summed E-state index contributed by atoms with van der Waals surface area (Å²) >= 11 is 0. The molecule has 1 aliphatic carbocycles. The maximum absolute atomic E-state index is 12.9. The molecule has 1 saturated carbocycles. The number of H-pyrrole nitrogens is 1. The minimum Gasteiger partial charge on any atom is -0.459 e. The maximum Gasteiger partial charge on any atom is 0.416 e. The number of nitrogens with zero attached hydrogens (tertiary/aromatic N) is 1. The molecule has 0 spiro atoms. The van der Waals surface area contributed by atoms with E-state index < -0.39 is 17.8 Å². The van der Waals surface area contributed by atoms with Crippen LogP contribution in [0.1, 0.15) is 42.5 Å². The molecule has 8 heteroatoms. The summed E-state index contributed by atoms with van der Waals surface area (Å²) in [5, 5.41) is 3.46. The summed E-state index contributed by atoms with van der Waals surface area (Å²) in [6.45, 7) is 1.75. The van der Waals surface area contributed by atoms with E-state index in [4.69, 9.17) is 4.42 Å². The van der Waals surface area contributed by atoms with Crippen LogP contribution in [-0.4, -0.2) is 15.9 Å². The van der Waals surface area contributed by atoms with Gasteiger partial charge >= 0.3 is 6.18 Å². The third-order valence-corrected chi connectivity index (χ3v) is 5.54. The van der Waals surface area contributed by atoms with E-state index in [2.05, 4.69) is 15.3 Å². The van der Waals surface area contributed by atoms with Gasteiger partial charge in [-0.05, 0) is 43.7 Å². The van der Waals surface area contributed by atoms with Gasteiger partial charge in [-0.15, -0.1) is 0 Å². The fourth-order valence-corrected chi connectivity index (χ4v) is 3.77. The second kappa shape index (κ2) is 6.62. The molecule has 1 amide bonds. The number of para-hydroxylation sites is 2. The Morgan fingerprint density at radius 2 is 2.03 bits per heavy atom. The van der Waals surface area contributed by atoms with E-state index in [9.17, 15) is 18.0 Å². The molecule has 154 valence electrons. The summed E-state index contributed by atoms with van der Waals surface area (Å²) in [5.41, 5.74) is 1.19. The van der Waals surface area contributed by atoms with Crippen molar-refractivity contribution < 1.29 is 22.4 Å². The number of aromatic nitrogens is 2. The van der Waals surface area contributed by atoms with Crippen molar-refractivity contribution in [2.45, 2.75) is 31.5 Å². The van der Waals surface area contributed by atoms with E-state index in [-0.39, 0.29) is 23.3 Å². The molecule has 2 heterocycles. The van der Waals surface area contributed by atoms with Crippen LogP contribution in [0.4, 0.5) is 13.2 Å². The number of rotatable bonds is 4. The molecular formula is C22H18F3N3O2. The van der Waals surface area contributed by atoms with E-state index in [0.29, 0.717) is 17.6 Å². The van der Waals surface area contributed by atoms with Gasteiger partial charge in [-0.2, -0.15) is 13.2 Å². The number of carbonyl (C=O) groups excluding carboxylic acids is 1. The van der Waals surface area contributed by atoms with Crippen LogP contribution in [-0.2, 0) is 11.0 Å². The van der Waals surface area contributed by atoms with Gasteiger partial charge in [0.25, 0.3) is 0 Å². The third-order valence-electron chi connectivity index (χ3n) is 5.54. The van der Waals surface area contributed by atoms with Crippen LogP contribution in [0, 0.1) is 5.92 Å². The first-order chi connectivity index (χ1) is 14.3. The van der Waals surface area contributed by atoms with Gasteiger partial charge in [0.2, 0.25) is 5.91 Å². The maximum atomic E-state index is 12.9. The average Bonchev–Trinajstić information content (AvgIpc) is 3.20. The number of nitrogens with one attached hydrogen (secondary N) is 2. The molecule has 30 heavy (non-hydrogen) atoms. The standard InChI is InChI=1S/C22H18F3N3O2/c1-11(18-8-12-6-7-13(22(23,24)25)9-19(12)30-18)26-21(29)15-10-14(15)20-27-16-4-2-3-5-17(16)28-20/h2-9,11,14-15H,10H2,1H3,(H,26,29)(H,27,28)/t11-,14+,15?/m1/s1. The largest absolute Gasteiger partial charge is 0.459 e. The van der Waals surface area contributed by atoms with Crippen molar-refractivity contribution in [1.29, 1.82) is 0 Å². The number of hydrogen-bond acceptors (Lipinski definition) is 3. The number of aromatic amines is 1. The molecule has 5 rings (SSSR count). The molecule has 1 unspecified atom stereocenters. The molecule has 4 aromatic rings. The minimum atomic E-state index is -4.43. The lowest BCUT2D eigenvalue weighted by Crippen LogP contribution is -2.28. The Kier molecular flexibility index (Phi) is 4.13. The number of furan rings is 1. The average molecular weight is 413 g/mol. The van der Waals surface area contributed by atoms with Gasteiger partial charge in [-0.3, -0.25) is 4.79 Å². The highest BCUT2D eigenvalue weighted by molar-refractivity contribution is 5.84. The Labute approximate surface area is 169 Å². The highest BCUT2D eigenvalue weighted by atomic mass is 19.4. The van der Waals surface area contributed by atoms with E-state index in [1.165, 1.54) is 6.07 Å². The molecule has 0 aliphatic heterocycles. The fourth-order valence-electron chi connectivity index (χ4n) is 3.77. The van der Waals surface area contributed by atoms with Crippen LogP contribution in [0.5, 0.6) is 0 Å². The number of fused-ring (bicyclic) bond motifs is 2. The fraction of sp³-hybridized carbons (Fsp3) is 0.273. The van der Waals surface area contributed by atoms with E-state index >= 15 is 0 Å². The Hall–Kier alpha value is -3.29. The Morgan fingerprint density at radius 1 is 1.23 bits per heavy atom. The van der Waals surface area contributed by atoms with Gasteiger partial charge in [-0.1, -0.05) is 18.2 Å². The Balaban J connectivity index is 1.28. The van der Waals surface area contributed by atoms with Crippen molar-refractivity contribution in [2.75, 3.05) is 0 Å². The first-order valence-corrected chi connectivity index (χ1v) is 9.65. The zero-order valence-electron chi connectivity index (χ0n) is 16.0. The second-order valence-electron chi connectivity index (χ2n) is 7.72. The van der Waals surface area contributed by atoms with Crippen molar-refractivity contribution >= 4 is 27.9 Å². The summed E-state index contributed by atoms with van der Waals surface area (Å²) in [5.74, 6) is 0.944. The smallest absolute Gasteiger partial charge is 0.416 e. The number of imidazole rings is 1. The molecule has 0 radical (unpaired) electrons. The zero-order valence-corrected chi connectivity index (χ0v) is 16.0. The SMILES string of the molecule is C[C@@H](NC(=O)C1C[C@@H]1c1nc2ccccc2[nH]1)c1cc2ccc(C(F)(F)F)cc2o1. The normalized spacial score (nSPS) is 19.9. The van der Waals surface area contributed by atoms with Crippen molar-refractivity contribution in [3.63, 3.8) is 0 Å². The van der Waals surface area contributed by atoms with E-state index in [0.717, 1.165) is 29.0 Å². The molecule has 1 aliphatic rings. The number of benzene rings is 2. The van der Waals surface area contributed by atoms with E-state index in [1.54, 1.807) is 13.0 Å². The molecule has 5 nitrogen and oxygen atoms in total. The highest BCUT2D eigenvalue weighted by Gasteiger charge is 2.46. The van der Waals surface area contributed by atoms with E-state index in [1.807, 2.05) is 24.3 Å². The molecule has 3 atom stereocenters. The van der Waals surface area contributed by atoms with Gasteiger partial charge in [-0.25, -0.2) is 4.98 Å². The topological polar surface area (TPSA) is 70.9 Å². The molecule has 0 bridgehead atoms. The van der Waals surface area contributed by atoms with Gasteiger partial charge in [0.15, 0.2) is 0 Å². The summed E-state index contributed by atoms with van der Waals surface area (Å²) < 4.78 is 44.2. The van der Waals surface area contributed by atoms with Crippen molar-refractivity contribution in [2.24, 2.45) is 5.92 Å². The number of amides is 1. The first kappa shape index (κ1) is 18.7. The first-order valence-electron chi connectivity index (χ1n) is 9.65. The lowest BCUT2D eigenvalue weighted by Gasteiger charge is -2.11. The van der Waals surface area contributed by atoms with Gasteiger partial charge in [0.05, 0.1) is 22.6 Å². The number of halogens is 3. The van der Waals surface area contributed by atoms with Crippen LogP contribution in [0.2, 0.25) is 0 Å². The molecule has 0 saturated heterocycles. The Morgan fingerprint density at radius 3 is 2.80 bits per heavy atom. The number of hydrogen-bond donors (Lipinski definition) is 2. The lowest BCUT2D eigenvalue weighted by molar-refractivity contribution is -0.137. The number of carbonyl (C=O) groups is 1. The summed E-state index contributed by atoms with van der Waals surface area (Å²) in [6, 6.07) is 12.3. The van der Waals surface area contributed by atoms with Crippen LogP contribution in [0.3, 0.4) is 0 Å². The minimum absolute atomic E-state index is 0.0367. The molecule has 2 aromatic carbocycles. The van der Waals surface area contributed by atoms with Crippen LogP contribution < -0.4 is 5.32 Å². The predicted molar refractivity (Wildman–Crippen MR) is 105 cm³/mol. The quantitative estimate of drug-likeness (QED) is 0.476. The molecule has 2 N–H and O–H groups in total. The molecule has 2 aromatic heterocycles. The summed E-state index contributed by atoms with van der Waals surface area (Å²) in [6.07, 6.45) is -3.73. The van der Waals surface area contributed by atoms with Crippen LogP contribution in [0.15, 0.2) is 52.9 Å². The van der Waals surface area contributed by atoms with Crippen molar-refractivity contribution in [3.05, 3.63) is 65.7 Å². The van der Waals surface area contributed by atoms with Gasteiger partial charge in [0, 0.05) is 17.2 Å². The predicted octanol–water partition coefficient (Wildman–Crippen LogP) is 5.31. The Bertz CT molecular complexity index is 1220. The molecule has 1 fully saturated rings. The van der Waals surface area contributed by atoms with Crippen molar-refractivity contribution in [1.82, 2.24) is 15.3 Å². The van der Waals surface area contributed by atoms with Crippen LogP contribution in [0.25, 0.3) is 22.0 Å². The second-order valence-corrected chi connectivity index (χ2v) is 7.72. The van der Waals surface area contributed by atoms with Crippen LogP contribution >= 0.6 is 0 Å². The lowest BCUT2D eigenvalue weighted by atomic mass is 10.1. The van der Waals surface area contributed by atoms with Crippen molar-refractivity contribution in [3.8, 4) is 0 Å². The summed E-state index contributed by atoms with van der Waals surface area (Å²) in [7, 11) is 0. The monoisotopic (exact) mass is 413 g/mol. The summed E-state index contributed by atoms with van der Waals surface area (Å²) in [4.78, 5) is 20.5. The highest BCUT2D eigenvalue weighted by Crippen LogP contribution is 2.47. The third kappa shape index (κ3) is 3.32. The van der Waals surface area contributed by atoms with Gasteiger partial charge < -0.3 is 14.7 Å². The number of alkyl halides is 3. The van der Waals surface area contributed by atoms with Gasteiger partial charge in [0.1, 0.15) is 17.2 Å².